The summed E-state index contributed by atoms with van der Waals surface area (Å²) in [5.74, 6) is -1.43. The van der Waals surface area contributed by atoms with Crippen molar-refractivity contribution >= 4 is 0 Å². The van der Waals surface area contributed by atoms with Crippen molar-refractivity contribution in [2.45, 2.75) is 19.4 Å². The summed E-state index contributed by atoms with van der Waals surface area (Å²) < 4.78 is 26.4. The van der Waals surface area contributed by atoms with Crippen LogP contribution in [0, 0.1) is 11.6 Å². The van der Waals surface area contributed by atoms with Gasteiger partial charge in [-0.1, -0.05) is 19.1 Å². The van der Waals surface area contributed by atoms with E-state index in [0.717, 1.165) is 17.7 Å². The van der Waals surface area contributed by atoms with Crippen LogP contribution in [0.25, 0.3) is 0 Å². The summed E-state index contributed by atoms with van der Waals surface area (Å²) in [5, 5.41) is 10.2. The van der Waals surface area contributed by atoms with Crippen LogP contribution in [0.4, 0.5) is 8.78 Å². The molecular weight excluding hydrogens is 236 g/mol. The van der Waals surface area contributed by atoms with E-state index in [0.29, 0.717) is 12.1 Å². The maximum absolute atomic E-state index is 13.6. The third kappa shape index (κ3) is 2.38. The zero-order chi connectivity index (χ0) is 13.1. The fourth-order valence-electron chi connectivity index (χ4n) is 1.87. The molecule has 0 aliphatic heterocycles. The van der Waals surface area contributed by atoms with Crippen molar-refractivity contribution in [3.05, 3.63) is 65.0 Å². The van der Waals surface area contributed by atoms with Gasteiger partial charge in [0, 0.05) is 17.8 Å². The van der Waals surface area contributed by atoms with E-state index in [9.17, 15) is 13.9 Å². The van der Waals surface area contributed by atoms with Crippen molar-refractivity contribution in [1.29, 1.82) is 0 Å². The quantitative estimate of drug-likeness (QED) is 0.907. The van der Waals surface area contributed by atoms with Crippen molar-refractivity contribution in [2.75, 3.05) is 0 Å². The Morgan fingerprint density at radius 2 is 2.06 bits per heavy atom. The molecule has 0 spiro atoms. The highest BCUT2D eigenvalue weighted by molar-refractivity contribution is 5.32. The number of nitrogens with zero attached hydrogens (tertiary/aromatic N) is 1. The number of rotatable bonds is 3. The van der Waals surface area contributed by atoms with Crippen LogP contribution in [0.3, 0.4) is 0 Å². The largest absolute Gasteiger partial charge is 0.382 e. The van der Waals surface area contributed by atoms with E-state index in [1.54, 1.807) is 12.3 Å². The van der Waals surface area contributed by atoms with Crippen LogP contribution >= 0.6 is 0 Å². The molecule has 1 N–H and O–H groups in total. The van der Waals surface area contributed by atoms with Gasteiger partial charge in [0.05, 0.1) is 5.69 Å². The maximum atomic E-state index is 13.6. The first kappa shape index (κ1) is 12.6. The molecule has 1 atom stereocenters. The van der Waals surface area contributed by atoms with Crippen LogP contribution in [0.1, 0.15) is 29.8 Å². The molecule has 1 unspecified atom stereocenters. The monoisotopic (exact) mass is 249 g/mol. The number of aliphatic hydroxyl groups is 1. The smallest absolute Gasteiger partial charge is 0.132 e. The number of benzene rings is 1. The third-order valence-electron chi connectivity index (χ3n) is 2.82. The summed E-state index contributed by atoms with van der Waals surface area (Å²) in [6, 6.07) is 6.70. The van der Waals surface area contributed by atoms with Gasteiger partial charge in [-0.25, -0.2) is 8.78 Å². The fraction of sp³-hybridized carbons (Fsp3) is 0.214. The Bertz CT molecular complexity index is 557. The predicted octanol–water partition coefficient (Wildman–Crippen LogP) is 3.00. The lowest BCUT2D eigenvalue weighted by molar-refractivity contribution is 0.208. The molecule has 4 heteroatoms. The highest BCUT2D eigenvalue weighted by Gasteiger charge is 2.19. The van der Waals surface area contributed by atoms with Crippen LogP contribution in [-0.2, 0) is 6.42 Å². The number of aliphatic hydroxyl groups excluding tert-OH is 1. The minimum Gasteiger partial charge on any atom is -0.382 e. The number of hydrogen-bond acceptors (Lipinski definition) is 2. The zero-order valence-corrected chi connectivity index (χ0v) is 9.90. The normalized spacial score (nSPS) is 12.4. The summed E-state index contributed by atoms with van der Waals surface area (Å²) in [6.45, 7) is 1.92. The summed E-state index contributed by atoms with van der Waals surface area (Å²) in [4.78, 5) is 4.08. The van der Waals surface area contributed by atoms with Gasteiger partial charge in [-0.3, -0.25) is 4.98 Å². The minimum atomic E-state index is -1.18. The topological polar surface area (TPSA) is 33.1 Å². The summed E-state index contributed by atoms with van der Waals surface area (Å²) >= 11 is 0. The van der Waals surface area contributed by atoms with Crippen LogP contribution in [0.5, 0.6) is 0 Å². The fourth-order valence-corrected chi connectivity index (χ4v) is 1.87. The Morgan fingerprint density at radius 1 is 1.28 bits per heavy atom. The van der Waals surface area contributed by atoms with Gasteiger partial charge >= 0.3 is 0 Å². The molecule has 0 saturated carbocycles. The van der Waals surface area contributed by atoms with E-state index in [4.69, 9.17) is 0 Å². The van der Waals surface area contributed by atoms with Crippen LogP contribution in [0.2, 0.25) is 0 Å². The highest BCUT2D eigenvalue weighted by Crippen LogP contribution is 2.25. The molecule has 2 aromatic rings. The predicted molar refractivity (Wildman–Crippen MR) is 64.0 cm³/mol. The van der Waals surface area contributed by atoms with Gasteiger partial charge in [0.1, 0.15) is 17.7 Å². The number of aryl methyl sites for hydroxylation is 1. The molecule has 0 bridgehead atoms. The van der Waals surface area contributed by atoms with Gasteiger partial charge in [-0.05, 0) is 24.1 Å². The Morgan fingerprint density at radius 3 is 2.72 bits per heavy atom. The zero-order valence-electron chi connectivity index (χ0n) is 9.90. The molecular formula is C14H13F2NO. The molecule has 1 aromatic heterocycles. The SMILES string of the molecule is CCc1cccnc1C(O)c1ccc(F)cc1F. The van der Waals surface area contributed by atoms with Crippen LogP contribution in [-0.4, -0.2) is 10.1 Å². The van der Waals surface area contributed by atoms with Crippen molar-refractivity contribution in [3.63, 3.8) is 0 Å². The molecule has 0 fully saturated rings. The number of pyridine rings is 1. The second-order valence-electron chi connectivity index (χ2n) is 3.97. The Hall–Kier alpha value is -1.81. The average molecular weight is 249 g/mol. The molecule has 0 saturated heterocycles. The third-order valence-corrected chi connectivity index (χ3v) is 2.82. The summed E-state index contributed by atoms with van der Waals surface area (Å²) in [5.41, 5.74) is 1.28. The number of halogens is 2. The number of hydrogen-bond donors (Lipinski definition) is 1. The molecule has 0 radical (unpaired) electrons. The van der Waals surface area contributed by atoms with E-state index in [1.807, 2.05) is 13.0 Å². The number of aromatic nitrogens is 1. The second-order valence-corrected chi connectivity index (χ2v) is 3.97. The molecule has 0 amide bonds. The van der Waals surface area contributed by atoms with Crippen molar-refractivity contribution in [1.82, 2.24) is 4.98 Å². The standard InChI is InChI=1S/C14H13F2NO/c1-2-9-4-3-7-17-13(9)14(18)11-6-5-10(15)8-12(11)16/h3-8,14,18H,2H2,1H3. The molecule has 0 aliphatic carbocycles. The van der Waals surface area contributed by atoms with E-state index in [2.05, 4.69) is 4.98 Å². The summed E-state index contributed by atoms with van der Waals surface area (Å²) in [7, 11) is 0. The van der Waals surface area contributed by atoms with Crippen molar-refractivity contribution in [2.24, 2.45) is 0 Å². The Balaban J connectivity index is 2.44. The first-order valence-electron chi connectivity index (χ1n) is 5.70. The van der Waals surface area contributed by atoms with E-state index < -0.39 is 17.7 Å². The van der Waals surface area contributed by atoms with Crippen molar-refractivity contribution in [3.8, 4) is 0 Å². The second kappa shape index (κ2) is 5.23. The molecule has 2 rings (SSSR count). The highest BCUT2D eigenvalue weighted by atomic mass is 19.1. The first-order chi connectivity index (χ1) is 8.63. The van der Waals surface area contributed by atoms with E-state index in [1.165, 1.54) is 6.07 Å². The molecule has 0 aliphatic rings. The molecule has 1 aromatic carbocycles. The first-order valence-corrected chi connectivity index (χ1v) is 5.70. The van der Waals surface area contributed by atoms with Gasteiger partial charge in [-0.2, -0.15) is 0 Å². The van der Waals surface area contributed by atoms with Gasteiger partial charge < -0.3 is 5.11 Å². The Labute approximate surface area is 104 Å². The van der Waals surface area contributed by atoms with Gasteiger partial charge in [0.25, 0.3) is 0 Å². The molecule has 18 heavy (non-hydrogen) atoms. The Kier molecular flexibility index (Phi) is 3.67. The van der Waals surface area contributed by atoms with E-state index >= 15 is 0 Å². The molecule has 94 valence electrons. The van der Waals surface area contributed by atoms with Gasteiger partial charge in [-0.15, -0.1) is 0 Å². The lowest BCUT2D eigenvalue weighted by Gasteiger charge is -2.14. The van der Waals surface area contributed by atoms with Crippen LogP contribution < -0.4 is 0 Å². The lowest BCUT2D eigenvalue weighted by Crippen LogP contribution is -2.08. The van der Waals surface area contributed by atoms with Gasteiger partial charge in [0.15, 0.2) is 0 Å². The average Bonchev–Trinajstić information content (AvgIpc) is 2.38. The lowest BCUT2D eigenvalue weighted by atomic mass is 10.0. The summed E-state index contributed by atoms with van der Waals surface area (Å²) in [6.07, 6.45) is 1.05. The maximum Gasteiger partial charge on any atom is 0.132 e. The van der Waals surface area contributed by atoms with Gasteiger partial charge in [0.2, 0.25) is 0 Å². The van der Waals surface area contributed by atoms with Crippen LogP contribution in [0.15, 0.2) is 36.5 Å². The minimum absolute atomic E-state index is 0.0322. The van der Waals surface area contributed by atoms with Crippen molar-refractivity contribution < 1.29 is 13.9 Å². The molecule has 2 nitrogen and oxygen atoms in total. The van der Waals surface area contributed by atoms with E-state index in [-0.39, 0.29) is 5.56 Å². The molecule has 1 heterocycles.